The molecule has 0 amide bonds. The molecule has 1 saturated heterocycles. The summed E-state index contributed by atoms with van der Waals surface area (Å²) >= 11 is 0. The molecule has 0 spiro atoms. The Morgan fingerprint density at radius 2 is 2.25 bits per heavy atom. The van der Waals surface area contributed by atoms with Crippen molar-refractivity contribution in [3.05, 3.63) is 6.33 Å². The zero-order valence-corrected chi connectivity index (χ0v) is 12.0. The van der Waals surface area contributed by atoms with Crippen molar-refractivity contribution in [1.82, 2.24) is 19.5 Å². The number of ether oxygens (including phenoxy) is 2. The van der Waals surface area contributed by atoms with Crippen molar-refractivity contribution in [2.24, 2.45) is 0 Å². The molecule has 1 aliphatic heterocycles. The van der Waals surface area contributed by atoms with Gasteiger partial charge in [0.25, 0.3) is 0 Å². The Hall–Kier alpha value is -1.89. The minimum Gasteiger partial charge on any atom is -0.479 e. The zero-order valence-electron chi connectivity index (χ0n) is 12.0. The van der Waals surface area contributed by atoms with Crippen molar-refractivity contribution in [3.63, 3.8) is 0 Å². The van der Waals surface area contributed by atoms with Gasteiger partial charge in [0.15, 0.2) is 11.2 Å². The summed E-state index contributed by atoms with van der Waals surface area (Å²) < 4.78 is 13.0. The Bertz CT molecular complexity index is 637. The quantitative estimate of drug-likeness (QED) is 0.896. The molecule has 3 heterocycles. The maximum absolute atomic E-state index is 6.08. The summed E-state index contributed by atoms with van der Waals surface area (Å²) in [4.78, 5) is 12.7. The lowest BCUT2D eigenvalue weighted by Crippen LogP contribution is -2.35. The van der Waals surface area contributed by atoms with Crippen molar-refractivity contribution in [1.29, 1.82) is 0 Å². The third kappa shape index (κ3) is 2.07. The maximum atomic E-state index is 6.08. The van der Waals surface area contributed by atoms with Crippen LogP contribution in [0.5, 0.6) is 5.88 Å². The van der Waals surface area contributed by atoms with Gasteiger partial charge in [0.1, 0.15) is 6.33 Å². The highest BCUT2D eigenvalue weighted by atomic mass is 16.5. The van der Waals surface area contributed by atoms with Gasteiger partial charge in [0.05, 0.1) is 12.7 Å². The summed E-state index contributed by atoms with van der Waals surface area (Å²) in [6.45, 7) is 4.88. The van der Waals surface area contributed by atoms with Crippen LogP contribution in [-0.2, 0) is 4.74 Å². The standard InChI is InChI=1S/C13H19N5O2/c1-13(2)6-8(4-5-20-13)18-10-9(17-12(18)14)11(19-3)16-7-15-10/h7-8H,4-6H2,1-3H3,(H2,14,17). The van der Waals surface area contributed by atoms with Crippen molar-refractivity contribution >= 4 is 17.1 Å². The topological polar surface area (TPSA) is 88.1 Å². The van der Waals surface area contributed by atoms with E-state index < -0.39 is 0 Å². The minimum atomic E-state index is -0.164. The van der Waals surface area contributed by atoms with Crippen LogP contribution < -0.4 is 10.5 Å². The van der Waals surface area contributed by atoms with Crippen LogP contribution in [0.4, 0.5) is 5.95 Å². The number of rotatable bonds is 2. The van der Waals surface area contributed by atoms with E-state index in [4.69, 9.17) is 15.2 Å². The van der Waals surface area contributed by atoms with Gasteiger partial charge in [-0.25, -0.2) is 9.97 Å². The molecule has 1 aliphatic rings. The van der Waals surface area contributed by atoms with Gasteiger partial charge in [-0.05, 0) is 26.7 Å². The lowest BCUT2D eigenvalue weighted by atomic mass is 9.94. The van der Waals surface area contributed by atoms with E-state index in [0.717, 1.165) is 18.5 Å². The van der Waals surface area contributed by atoms with Gasteiger partial charge in [-0.15, -0.1) is 0 Å². The summed E-state index contributed by atoms with van der Waals surface area (Å²) in [7, 11) is 1.56. The monoisotopic (exact) mass is 277 g/mol. The fraction of sp³-hybridized carbons (Fsp3) is 0.615. The van der Waals surface area contributed by atoms with Crippen LogP contribution in [0.25, 0.3) is 11.2 Å². The molecule has 108 valence electrons. The van der Waals surface area contributed by atoms with Crippen molar-refractivity contribution in [2.75, 3.05) is 19.5 Å². The van der Waals surface area contributed by atoms with E-state index in [1.807, 2.05) is 4.57 Å². The lowest BCUT2D eigenvalue weighted by molar-refractivity contribution is -0.0682. The molecule has 0 aliphatic carbocycles. The van der Waals surface area contributed by atoms with E-state index in [1.54, 1.807) is 7.11 Å². The number of hydrogen-bond donors (Lipinski definition) is 1. The fourth-order valence-electron chi connectivity index (χ4n) is 2.83. The number of imidazole rings is 1. The molecule has 0 radical (unpaired) electrons. The summed E-state index contributed by atoms with van der Waals surface area (Å²) in [5, 5.41) is 0. The summed E-state index contributed by atoms with van der Waals surface area (Å²) in [5.41, 5.74) is 7.25. The van der Waals surface area contributed by atoms with Gasteiger partial charge >= 0.3 is 0 Å². The van der Waals surface area contributed by atoms with Crippen LogP contribution in [0.2, 0.25) is 0 Å². The van der Waals surface area contributed by atoms with Gasteiger partial charge in [-0.2, -0.15) is 4.98 Å². The summed E-state index contributed by atoms with van der Waals surface area (Å²) in [6, 6.07) is 0.225. The Morgan fingerprint density at radius 1 is 1.45 bits per heavy atom. The van der Waals surface area contributed by atoms with E-state index in [1.165, 1.54) is 6.33 Å². The second kappa shape index (κ2) is 4.59. The van der Waals surface area contributed by atoms with Crippen molar-refractivity contribution < 1.29 is 9.47 Å². The molecule has 3 rings (SSSR count). The number of methoxy groups -OCH3 is 1. The van der Waals surface area contributed by atoms with Gasteiger partial charge in [-0.3, -0.25) is 4.57 Å². The van der Waals surface area contributed by atoms with Crippen molar-refractivity contribution in [3.8, 4) is 5.88 Å². The third-order valence-electron chi connectivity index (χ3n) is 3.70. The smallest absolute Gasteiger partial charge is 0.245 e. The van der Waals surface area contributed by atoms with Gasteiger partial charge < -0.3 is 15.2 Å². The molecule has 2 aromatic rings. The van der Waals surface area contributed by atoms with E-state index in [2.05, 4.69) is 28.8 Å². The number of nitrogen functional groups attached to an aromatic ring is 1. The normalized spacial score (nSPS) is 22.1. The molecule has 0 aromatic carbocycles. The molecule has 2 aromatic heterocycles. The first-order valence-electron chi connectivity index (χ1n) is 6.68. The van der Waals surface area contributed by atoms with Gasteiger partial charge in [0, 0.05) is 12.6 Å². The molecule has 7 heteroatoms. The number of anilines is 1. The van der Waals surface area contributed by atoms with Crippen molar-refractivity contribution in [2.45, 2.75) is 38.3 Å². The average Bonchev–Trinajstić information content (AvgIpc) is 2.73. The Labute approximate surface area is 117 Å². The molecule has 0 bridgehead atoms. The van der Waals surface area contributed by atoms with Crippen LogP contribution in [0.3, 0.4) is 0 Å². The predicted octanol–water partition coefficient (Wildman–Crippen LogP) is 1.55. The Kier molecular flexibility index (Phi) is 3.01. The van der Waals surface area contributed by atoms with E-state index in [-0.39, 0.29) is 11.6 Å². The molecule has 1 unspecified atom stereocenters. The highest BCUT2D eigenvalue weighted by molar-refractivity contribution is 5.79. The molecular weight excluding hydrogens is 258 g/mol. The average molecular weight is 277 g/mol. The highest BCUT2D eigenvalue weighted by Gasteiger charge is 2.32. The van der Waals surface area contributed by atoms with E-state index >= 15 is 0 Å². The second-order valence-electron chi connectivity index (χ2n) is 5.65. The predicted molar refractivity (Wildman–Crippen MR) is 74.6 cm³/mol. The highest BCUT2D eigenvalue weighted by Crippen LogP contribution is 2.36. The van der Waals surface area contributed by atoms with Gasteiger partial charge in [0.2, 0.25) is 11.8 Å². The lowest BCUT2D eigenvalue weighted by Gasteiger charge is -2.36. The number of fused-ring (bicyclic) bond motifs is 1. The third-order valence-corrected chi connectivity index (χ3v) is 3.70. The summed E-state index contributed by atoms with van der Waals surface area (Å²) in [6.07, 6.45) is 3.24. The maximum Gasteiger partial charge on any atom is 0.245 e. The molecule has 2 N–H and O–H groups in total. The minimum absolute atomic E-state index is 0.164. The number of nitrogens with zero attached hydrogens (tertiary/aromatic N) is 4. The molecule has 1 fully saturated rings. The van der Waals surface area contributed by atoms with Crippen LogP contribution in [0.15, 0.2) is 6.33 Å². The van der Waals surface area contributed by atoms with Crippen LogP contribution in [-0.4, -0.2) is 38.8 Å². The first kappa shape index (κ1) is 13.1. The zero-order chi connectivity index (χ0) is 14.3. The first-order chi connectivity index (χ1) is 9.52. The fourth-order valence-corrected chi connectivity index (χ4v) is 2.83. The molecule has 20 heavy (non-hydrogen) atoms. The number of hydrogen-bond acceptors (Lipinski definition) is 6. The molecule has 7 nitrogen and oxygen atoms in total. The molecule has 0 saturated carbocycles. The van der Waals surface area contributed by atoms with Crippen LogP contribution in [0.1, 0.15) is 32.7 Å². The van der Waals surface area contributed by atoms with Gasteiger partial charge in [-0.1, -0.05) is 0 Å². The Balaban J connectivity index is 2.09. The largest absolute Gasteiger partial charge is 0.479 e. The first-order valence-corrected chi connectivity index (χ1v) is 6.68. The second-order valence-corrected chi connectivity index (χ2v) is 5.65. The number of nitrogens with two attached hydrogens (primary N) is 1. The van der Waals surface area contributed by atoms with Crippen LogP contribution >= 0.6 is 0 Å². The number of aromatic nitrogens is 4. The van der Waals surface area contributed by atoms with E-state index in [9.17, 15) is 0 Å². The molecule has 1 atom stereocenters. The van der Waals surface area contributed by atoms with E-state index in [0.29, 0.717) is 24.0 Å². The molecular formula is C13H19N5O2. The Morgan fingerprint density at radius 3 is 2.95 bits per heavy atom. The summed E-state index contributed by atoms with van der Waals surface area (Å²) in [5.74, 6) is 0.897. The van der Waals surface area contributed by atoms with Crippen LogP contribution in [0, 0.1) is 0 Å². The SMILES string of the molecule is COc1ncnc2c1nc(N)n2C1CCOC(C)(C)C1.